The summed E-state index contributed by atoms with van der Waals surface area (Å²) in [6.45, 7) is 5.14. The molecule has 21 heavy (non-hydrogen) atoms. The average molecular weight is 295 g/mol. The lowest BCUT2D eigenvalue weighted by Crippen LogP contribution is -2.43. The van der Waals surface area contributed by atoms with Gasteiger partial charge in [0, 0.05) is 12.6 Å². The highest BCUT2D eigenvalue weighted by molar-refractivity contribution is 5.10. The summed E-state index contributed by atoms with van der Waals surface area (Å²) in [5.41, 5.74) is 0.885. The minimum Gasteiger partial charge on any atom is -0.395 e. The molecular weight excluding hydrogens is 269 g/mol. The van der Waals surface area contributed by atoms with Gasteiger partial charge in [-0.15, -0.1) is 0 Å². The molecule has 0 radical (unpaired) electrons. The van der Waals surface area contributed by atoms with Gasteiger partial charge in [-0.2, -0.15) is 0 Å². The SMILES string of the molecule is CCNC(CCN1CCCCC1CO)c1ccc(F)cn1. The molecule has 0 spiro atoms. The fraction of sp³-hybridized carbons (Fsp3) is 0.688. The first-order valence-electron chi connectivity index (χ1n) is 7.94. The van der Waals surface area contributed by atoms with Gasteiger partial charge < -0.3 is 10.4 Å². The van der Waals surface area contributed by atoms with Gasteiger partial charge in [-0.1, -0.05) is 13.3 Å². The van der Waals surface area contributed by atoms with E-state index in [2.05, 4.69) is 22.1 Å². The van der Waals surface area contributed by atoms with Gasteiger partial charge in [-0.3, -0.25) is 9.88 Å². The lowest BCUT2D eigenvalue weighted by molar-refractivity contribution is 0.0863. The van der Waals surface area contributed by atoms with Crippen LogP contribution in [-0.2, 0) is 0 Å². The van der Waals surface area contributed by atoms with Crippen molar-refractivity contribution in [1.29, 1.82) is 0 Å². The number of hydrogen-bond acceptors (Lipinski definition) is 4. The molecule has 1 aromatic rings. The van der Waals surface area contributed by atoms with Crippen molar-refractivity contribution in [2.24, 2.45) is 0 Å². The fourth-order valence-electron chi connectivity index (χ4n) is 3.05. The zero-order chi connectivity index (χ0) is 15.1. The van der Waals surface area contributed by atoms with E-state index < -0.39 is 0 Å². The maximum atomic E-state index is 13.0. The third kappa shape index (κ3) is 4.73. The summed E-state index contributed by atoms with van der Waals surface area (Å²) >= 11 is 0. The van der Waals surface area contributed by atoms with Crippen molar-refractivity contribution in [3.63, 3.8) is 0 Å². The third-order valence-electron chi connectivity index (χ3n) is 4.22. The Morgan fingerprint density at radius 1 is 1.48 bits per heavy atom. The second-order valence-electron chi connectivity index (χ2n) is 5.67. The molecule has 1 aromatic heterocycles. The maximum absolute atomic E-state index is 13.0. The molecule has 0 amide bonds. The van der Waals surface area contributed by atoms with E-state index in [0.717, 1.165) is 38.2 Å². The number of halogens is 1. The number of aromatic nitrogens is 1. The number of aliphatic hydroxyl groups excluding tert-OH is 1. The first-order chi connectivity index (χ1) is 10.2. The highest BCUT2D eigenvalue weighted by Crippen LogP contribution is 2.20. The molecule has 0 aromatic carbocycles. The van der Waals surface area contributed by atoms with Crippen LogP contribution < -0.4 is 5.32 Å². The van der Waals surface area contributed by atoms with E-state index in [1.807, 2.05) is 0 Å². The second kappa shape index (κ2) is 8.41. The van der Waals surface area contributed by atoms with Crippen LogP contribution in [0.3, 0.4) is 0 Å². The van der Waals surface area contributed by atoms with E-state index in [4.69, 9.17) is 0 Å². The second-order valence-corrected chi connectivity index (χ2v) is 5.67. The van der Waals surface area contributed by atoms with Crippen LogP contribution in [0.15, 0.2) is 18.3 Å². The van der Waals surface area contributed by atoms with Crippen LogP contribution in [-0.4, -0.2) is 47.3 Å². The van der Waals surface area contributed by atoms with Crippen molar-refractivity contribution in [2.45, 2.75) is 44.7 Å². The molecule has 2 atom stereocenters. The van der Waals surface area contributed by atoms with Crippen LogP contribution in [0.25, 0.3) is 0 Å². The van der Waals surface area contributed by atoms with Crippen LogP contribution in [0.4, 0.5) is 4.39 Å². The molecule has 118 valence electrons. The molecule has 2 N–H and O–H groups in total. The smallest absolute Gasteiger partial charge is 0.141 e. The van der Waals surface area contributed by atoms with Crippen LogP contribution in [0.1, 0.15) is 44.3 Å². The van der Waals surface area contributed by atoms with Crippen molar-refractivity contribution < 1.29 is 9.50 Å². The maximum Gasteiger partial charge on any atom is 0.141 e. The van der Waals surface area contributed by atoms with E-state index in [1.165, 1.54) is 25.1 Å². The molecular formula is C16H26FN3O. The Morgan fingerprint density at radius 3 is 3.00 bits per heavy atom. The molecule has 1 aliphatic heterocycles. The highest BCUT2D eigenvalue weighted by atomic mass is 19.1. The molecule has 2 rings (SSSR count). The van der Waals surface area contributed by atoms with Crippen molar-refractivity contribution in [3.05, 3.63) is 29.8 Å². The molecule has 1 aliphatic rings. The molecule has 0 bridgehead atoms. The highest BCUT2D eigenvalue weighted by Gasteiger charge is 2.22. The zero-order valence-electron chi connectivity index (χ0n) is 12.8. The van der Waals surface area contributed by atoms with Crippen molar-refractivity contribution in [3.8, 4) is 0 Å². The van der Waals surface area contributed by atoms with Gasteiger partial charge in [0.1, 0.15) is 5.82 Å². The first-order valence-corrected chi connectivity index (χ1v) is 7.94. The number of pyridine rings is 1. The summed E-state index contributed by atoms with van der Waals surface area (Å²) < 4.78 is 13.0. The molecule has 2 heterocycles. The Labute approximate surface area is 126 Å². The Morgan fingerprint density at radius 2 is 2.33 bits per heavy atom. The van der Waals surface area contributed by atoms with E-state index in [1.54, 1.807) is 6.07 Å². The predicted octanol–water partition coefficient (Wildman–Crippen LogP) is 2.11. The summed E-state index contributed by atoms with van der Waals surface area (Å²) in [7, 11) is 0. The number of piperidine rings is 1. The fourth-order valence-corrected chi connectivity index (χ4v) is 3.05. The molecule has 2 unspecified atom stereocenters. The number of nitrogens with one attached hydrogen (secondary N) is 1. The van der Waals surface area contributed by atoms with Gasteiger partial charge >= 0.3 is 0 Å². The topological polar surface area (TPSA) is 48.4 Å². The summed E-state index contributed by atoms with van der Waals surface area (Å²) in [5.74, 6) is -0.301. The molecule has 0 aliphatic carbocycles. The number of aliphatic hydroxyl groups is 1. The normalized spacial score (nSPS) is 21.4. The Hall–Kier alpha value is -1.04. The van der Waals surface area contributed by atoms with E-state index in [-0.39, 0.29) is 18.5 Å². The minimum absolute atomic E-state index is 0.136. The van der Waals surface area contributed by atoms with Crippen LogP contribution in [0, 0.1) is 5.82 Å². The minimum atomic E-state index is -0.301. The van der Waals surface area contributed by atoms with Crippen LogP contribution >= 0.6 is 0 Å². The summed E-state index contributed by atoms with van der Waals surface area (Å²) in [6, 6.07) is 3.64. The predicted molar refractivity (Wildman–Crippen MR) is 81.5 cm³/mol. The summed E-state index contributed by atoms with van der Waals surface area (Å²) in [5, 5.41) is 12.9. The van der Waals surface area contributed by atoms with E-state index in [9.17, 15) is 9.50 Å². The Bertz CT molecular complexity index is 412. The van der Waals surface area contributed by atoms with Gasteiger partial charge in [0.15, 0.2) is 0 Å². The monoisotopic (exact) mass is 295 g/mol. The Balaban J connectivity index is 1.94. The van der Waals surface area contributed by atoms with Gasteiger partial charge in [0.2, 0.25) is 0 Å². The van der Waals surface area contributed by atoms with Gasteiger partial charge in [0.05, 0.1) is 24.5 Å². The lowest BCUT2D eigenvalue weighted by Gasteiger charge is -2.35. The Kier molecular flexibility index (Phi) is 6.54. The summed E-state index contributed by atoms with van der Waals surface area (Å²) in [4.78, 5) is 6.57. The lowest BCUT2D eigenvalue weighted by atomic mass is 10.0. The van der Waals surface area contributed by atoms with Gasteiger partial charge in [-0.05, 0) is 44.5 Å². The van der Waals surface area contributed by atoms with Gasteiger partial charge in [0.25, 0.3) is 0 Å². The van der Waals surface area contributed by atoms with Crippen LogP contribution in [0.5, 0.6) is 0 Å². The molecule has 1 saturated heterocycles. The molecule has 0 saturated carbocycles. The van der Waals surface area contributed by atoms with E-state index in [0.29, 0.717) is 6.04 Å². The number of rotatable bonds is 7. The van der Waals surface area contributed by atoms with Crippen molar-refractivity contribution >= 4 is 0 Å². The van der Waals surface area contributed by atoms with Crippen molar-refractivity contribution in [2.75, 3.05) is 26.2 Å². The van der Waals surface area contributed by atoms with Crippen molar-refractivity contribution in [1.82, 2.24) is 15.2 Å². The molecule has 4 nitrogen and oxygen atoms in total. The third-order valence-corrected chi connectivity index (χ3v) is 4.22. The average Bonchev–Trinajstić information content (AvgIpc) is 2.52. The molecule has 5 heteroatoms. The number of likely N-dealkylation sites (tertiary alicyclic amines) is 1. The quantitative estimate of drug-likeness (QED) is 0.809. The van der Waals surface area contributed by atoms with Gasteiger partial charge in [-0.25, -0.2) is 4.39 Å². The van der Waals surface area contributed by atoms with E-state index >= 15 is 0 Å². The van der Waals surface area contributed by atoms with Crippen LogP contribution in [0.2, 0.25) is 0 Å². The summed E-state index contributed by atoms with van der Waals surface area (Å²) in [6.07, 6.45) is 5.69. The zero-order valence-corrected chi connectivity index (χ0v) is 12.8. The molecule has 1 fully saturated rings. The standard InChI is InChI=1S/C16H26FN3O/c1-2-18-16(15-7-6-13(17)11-19-15)8-10-20-9-4-3-5-14(20)12-21/h6-7,11,14,16,18,21H,2-5,8-10,12H2,1H3. The number of nitrogens with zero attached hydrogens (tertiary/aromatic N) is 2. The first kappa shape index (κ1) is 16.3. The largest absolute Gasteiger partial charge is 0.395 e. The number of hydrogen-bond donors (Lipinski definition) is 2.